The van der Waals surface area contributed by atoms with Crippen LogP contribution in [0.1, 0.15) is 11.4 Å². The smallest absolute Gasteiger partial charge is 0.135 e. The Morgan fingerprint density at radius 2 is 1.90 bits per heavy atom. The number of nitrogens with zero attached hydrogens (tertiary/aromatic N) is 4. The van der Waals surface area contributed by atoms with Gasteiger partial charge in [0.05, 0.1) is 6.54 Å². The van der Waals surface area contributed by atoms with Crippen LogP contribution in [0.4, 0.5) is 5.82 Å². The maximum Gasteiger partial charge on any atom is 0.135 e. The van der Waals surface area contributed by atoms with E-state index in [2.05, 4.69) is 32.5 Å². The van der Waals surface area contributed by atoms with Crippen LogP contribution in [0.25, 0.3) is 0 Å². The first kappa shape index (κ1) is 13.3. The molecule has 106 valence electrons. The van der Waals surface area contributed by atoms with Crippen molar-refractivity contribution in [1.29, 1.82) is 0 Å². The van der Waals surface area contributed by atoms with Crippen molar-refractivity contribution in [2.24, 2.45) is 0 Å². The minimum absolute atomic E-state index is 0.746. The lowest BCUT2D eigenvalue weighted by molar-refractivity contribution is 0.637. The van der Waals surface area contributed by atoms with Crippen molar-refractivity contribution in [1.82, 2.24) is 19.7 Å². The molecule has 2 aromatic heterocycles. The van der Waals surface area contributed by atoms with Crippen molar-refractivity contribution < 1.29 is 0 Å². The van der Waals surface area contributed by atoms with Gasteiger partial charge in [0.15, 0.2) is 0 Å². The van der Waals surface area contributed by atoms with Gasteiger partial charge in [-0.25, -0.2) is 9.97 Å². The standard InChI is InChI=1S/C16H17N5/c1-2-5-14(6-3-1)13-16-17-9-7-15(20-16)18-10-12-21-11-4-8-19-21/h1-9,11H,10,12-13H2,(H,17,18,20). The summed E-state index contributed by atoms with van der Waals surface area (Å²) in [5.74, 6) is 1.67. The van der Waals surface area contributed by atoms with Gasteiger partial charge in [0.1, 0.15) is 11.6 Å². The highest BCUT2D eigenvalue weighted by atomic mass is 15.3. The Kier molecular flexibility index (Phi) is 4.21. The summed E-state index contributed by atoms with van der Waals surface area (Å²) in [7, 11) is 0. The second-order valence-corrected chi connectivity index (χ2v) is 4.72. The van der Waals surface area contributed by atoms with Gasteiger partial charge in [0, 0.05) is 31.6 Å². The van der Waals surface area contributed by atoms with Crippen LogP contribution in [-0.2, 0) is 13.0 Å². The highest BCUT2D eigenvalue weighted by Crippen LogP contribution is 2.07. The number of hydrogen-bond acceptors (Lipinski definition) is 4. The molecule has 0 radical (unpaired) electrons. The highest BCUT2D eigenvalue weighted by Gasteiger charge is 2.01. The lowest BCUT2D eigenvalue weighted by Gasteiger charge is -2.07. The van der Waals surface area contributed by atoms with Crippen LogP contribution in [0, 0.1) is 0 Å². The Morgan fingerprint density at radius 3 is 2.71 bits per heavy atom. The van der Waals surface area contributed by atoms with Gasteiger partial charge in [0.25, 0.3) is 0 Å². The molecule has 0 unspecified atom stereocenters. The summed E-state index contributed by atoms with van der Waals surface area (Å²) in [5.41, 5.74) is 1.21. The molecule has 0 amide bonds. The van der Waals surface area contributed by atoms with Gasteiger partial charge in [-0.15, -0.1) is 0 Å². The maximum atomic E-state index is 4.53. The third-order valence-corrected chi connectivity index (χ3v) is 3.12. The average molecular weight is 279 g/mol. The van der Waals surface area contributed by atoms with E-state index in [1.807, 2.05) is 41.2 Å². The van der Waals surface area contributed by atoms with E-state index in [1.54, 1.807) is 12.4 Å². The van der Waals surface area contributed by atoms with E-state index < -0.39 is 0 Å². The van der Waals surface area contributed by atoms with Crippen molar-refractivity contribution in [3.8, 4) is 0 Å². The lowest BCUT2D eigenvalue weighted by atomic mass is 10.1. The zero-order valence-electron chi connectivity index (χ0n) is 11.7. The van der Waals surface area contributed by atoms with Crippen LogP contribution in [0.15, 0.2) is 61.1 Å². The van der Waals surface area contributed by atoms with Gasteiger partial charge in [-0.1, -0.05) is 30.3 Å². The van der Waals surface area contributed by atoms with Crippen LogP contribution < -0.4 is 5.32 Å². The molecule has 0 spiro atoms. The number of hydrogen-bond donors (Lipinski definition) is 1. The fraction of sp³-hybridized carbons (Fsp3) is 0.188. The molecule has 0 saturated carbocycles. The molecule has 1 aromatic carbocycles. The average Bonchev–Trinajstić information content (AvgIpc) is 3.02. The van der Waals surface area contributed by atoms with Gasteiger partial charge >= 0.3 is 0 Å². The SMILES string of the molecule is c1ccc(Cc2nccc(NCCn3cccn3)n2)cc1. The molecule has 0 saturated heterocycles. The molecule has 0 aliphatic rings. The predicted octanol–water partition coefficient (Wildman–Crippen LogP) is 2.38. The van der Waals surface area contributed by atoms with Crippen LogP contribution in [0.5, 0.6) is 0 Å². The molecule has 0 atom stereocenters. The molecule has 0 aliphatic carbocycles. The van der Waals surface area contributed by atoms with Gasteiger partial charge < -0.3 is 5.32 Å². The van der Waals surface area contributed by atoms with Crippen LogP contribution in [0.2, 0.25) is 0 Å². The monoisotopic (exact) mass is 279 g/mol. The number of anilines is 1. The summed E-state index contributed by atoms with van der Waals surface area (Å²) in [5, 5.41) is 7.46. The Morgan fingerprint density at radius 1 is 1.00 bits per heavy atom. The molecular formula is C16H17N5. The molecule has 1 N–H and O–H groups in total. The number of aromatic nitrogens is 4. The fourth-order valence-electron chi connectivity index (χ4n) is 2.09. The molecule has 3 rings (SSSR count). The van der Waals surface area contributed by atoms with Gasteiger partial charge in [-0.2, -0.15) is 5.10 Å². The van der Waals surface area contributed by atoms with Crippen LogP contribution >= 0.6 is 0 Å². The molecule has 5 heteroatoms. The summed E-state index contributed by atoms with van der Waals surface area (Å²) < 4.78 is 1.89. The second kappa shape index (κ2) is 6.65. The van der Waals surface area contributed by atoms with Gasteiger partial charge in [-0.3, -0.25) is 4.68 Å². The third-order valence-electron chi connectivity index (χ3n) is 3.12. The number of benzene rings is 1. The number of rotatable bonds is 6. The Bertz CT molecular complexity index is 664. The first-order chi connectivity index (χ1) is 10.4. The molecule has 21 heavy (non-hydrogen) atoms. The molecular weight excluding hydrogens is 262 g/mol. The molecule has 0 aliphatic heterocycles. The van der Waals surface area contributed by atoms with Crippen molar-refractivity contribution in [2.45, 2.75) is 13.0 Å². The van der Waals surface area contributed by atoms with Crippen molar-refractivity contribution in [3.05, 3.63) is 72.4 Å². The van der Waals surface area contributed by atoms with Gasteiger partial charge in [-0.05, 0) is 17.7 Å². The van der Waals surface area contributed by atoms with E-state index in [1.165, 1.54) is 5.56 Å². The fourth-order valence-corrected chi connectivity index (χ4v) is 2.09. The predicted molar refractivity (Wildman–Crippen MR) is 82.0 cm³/mol. The molecule has 5 nitrogen and oxygen atoms in total. The molecule has 3 aromatic rings. The first-order valence-corrected chi connectivity index (χ1v) is 6.97. The summed E-state index contributed by atoms with van der Waals surface area (Å²) >= 11 is 0. The summed E-state index contributed by atoms with van der Waals surface area (Å²) in [4.78, 5) is 8.86. The Labute approximate surface area is 123 Å². The Balaban J connectivity index is 1.58. The lowest BCUT2D eigenvalue weighted by Crippen LogP contribution is -2.12. The topological polar surface area (TPSA) is 55.6 Å². The van der Waals surface area contributed by atoms with Crippen LogP contribution in [0.3, 0.4) is 0 Å². The second-order valence-electron chi connectivity index (χ2n) is 4.72. The van der Waals surface area contributed by atoms with E-state index >= 15 is 0 Å². The van der Waals surface area contributed by atoms with E-state index in [0.717, 1.165) is 31.2 Å². The minimum atomic E-state index is 0.746. The van der Waals surface area contributed by atoms with Crippen molar-refractivity contribution in [3.63, 3.8) is 0 Å². The summed E-state index contributed by atoms with van der Waals surface area (Å²) in [6.45, 7) is 1.59. The molecule has 2 heterocycles. The summed E-state index contributed by atoms with van der Waals surface area (Å²) in [6, 6.07) is 14.0. The first-order valence-electron chi connectivity index (χ1n) is 6.97. The molecule has 0 bridgehead atoms. The largest absolute Gasteiger partial charge is 0.368 e. The van der Waals surface area contributed by atoms with Crippen molar-refractivity contribution in [2.75, 3.05) is 11.9 Å². The Hall–Kier alpha value is -2.69. The number of nitrogens with one attached hydrogen (secondary N) is 1. The van der Waals surface area contributed by atoms with Gasteiger partial charge in [0.2, 0.25) is 0 Å². The zero-order valence-corrected chi connectivity index (χ0v) is 11.7. The van der Waals surface area contributed by atoms with Crippen molar-refractivity contribution >= 4 is 5.82 Å². The van der Waals surface area contributed by atoms with E-state index in [0.29, 0.717) is 0 Å². The quantitative estimate of drug-likeness (QED) is 0.752. The van der Waals surface area contributed by atoms with E-state index in [9.17, 15) is 0 Å². The van der Waals surface area contributed by atoms with E-state index in [4.69, 9.17) is 0 Å². The normalized spacial score (nSPS) is 10.5. The maximum absolute atomic E-state index is 4.53. The van der Waals surface area contributed by atoms with Crippen LogP contribution in [-0.4, -0.2) is 26.3 Å². The zero-order chi connectivity index (χ0) is 14.3. The highest BCUT2D eigenvalue weighted by molar-refractivity contribution is 5.33. The molecule has 0 fully saturated rings. The minimum Gasteiger partial charge on any atom is -0.368 e. The van der Waals surface area contributed by atoms with E-state index in [-0.39, 0.29) is 0 Å². The third kappa shape index (κ3) is 3.89. The summed E-state index contributed by atoms with van der Waals surface area (Å²) in [6.07, 6.45) is 6.27.